The molecule has 0 unspecified atom stereocenters. The molecule has 32 heavy (non-hydrogen) atoms. The first-order valence-electron chi connectivity index (χ1n) is 10.3. The van der Waals surface area contributed by atoms with Crippen LogP contribution in [0, 0.1) is 0 Å². The van der Waals surface area contributed by atoms with E-state index in [1.54, 1.807) is 7.11 Å². The number of anilines is 1. The second kappa shape index (κ2) is 8.98. The molecule has 1 aromatic heterocycles. The average molecular weight is 444 g/mol. The van der Waals surface area contributed by atoms with Gasteiger partial charge >= 0.3 is 6.18 Å². The molecule has 2 heterocycles. The van der Waals surface area contributed by atoms with Crippen molar-refractivity contribution in [1.82, 2.24) is 5.32 Å². The van der Waals surface area contributed by atoms with Crippen molar-refractivity contribution in [3.05, 3.63) is 72.0 Å². The summed E-state index contributed by atoms with van der Waals surface area (Å²) in [6.07, 6.45) is -2.89. The van der Waals surface area contributed by atoms with Gasteiger partial charge in [0.15, 0.2) is 5.76 Å². The van der Waals surface area contributed by atoms with Gasteiger partial charge in [0.1, 0.15) is 11.5 Å². The Morgan fingerprint density at radius 1 is 1.06 bits per heavy atom. The fourth-order valence-corrected chi connectivity index (χ4v) is 3.80. The quantitative estimate of drug-likeness (QED) is 0.575. The molecule has 8 heteroatoms. The Kier molecular flexibility index (Phi) is 6.12. The molecule has 0 radical (unpaired) electrons. The molecule has 1 aliphatic heterocycles. The van der Waals surface area contributed by atoms with Gasteiger partial charge in [-0.1, -0.05) is 12.1 Å². The van der Waals surface area contributed by atoms with E-state index in [0.717, 1.165) is 49.5 Å². The normalized spacial score (nSPS) is 14.9. The van der Waals surface area contributed by atoms with E-state index in [0.29, 0.717) is 0 Å². The Bertz CT molecular complexity index is 1070. The van der Waals surface area contributed by atoms with Crippen LogP contribution in [0.5, 0.6) is 5.75 Å². The highest BCUT2D eigenvalue weighted by Gasteiger charge is 2.30. The molecule has 1 aliphatic rings. The number of amides is 1. The van der Waals surface area contributed by atoms with Gasteiger partial charge in [-0.25, -0.2) is 0 Å². The highest BCUT2D eigenvalue weighted by atomic mass is 19.4. The SMILES string of the molecule is COc1ccc(N2CCC(NC(=O)c3ccc(-c4cccc(C(F)(F)F)c4)o3)CC2)cc1. The van der Waals surface area contributed by atoms with Gasteiger partial charge in [-0.3, -0.25) is 4.79 Å². The minimum atomic E-state index is -4.44. The smallest absolute Gasteiger partial charge is 0.416 e. The lowest BCUT2D eigenvalue weighted by Crippen LogP contribution is -2.44. The van der Waals surface area contributed by atoms with Gasteiger partial charge < -0.3 is 19.4 Å². The summed E-state index contributed by atoms with van der Waals surface area (Å²) in [6, 6.07) is 15.7. The van der Waals surface area contributed by atoms with Gasteiger partial charge in [0.05, 0.1) is 12.7 Å². The Morgan fingerprint density at radius 3 is 2.44 bits per heavy atom. The van der Waals surface area contributed by atoms with E-state index in [1.807, 2.05) is 24.3 Å². The largest absolute Gasteiger partial charge is 0.497 e. The van der Waals surface area contributed by atoms with Gasteiger partial charge in [0.25, 0.3) is 5.91 Å². The van der Waals surface area contributed by atoms with Crippen molar-refractivity contribution >= 4 is 11.6 Å². The Balaban J connectivity index is 1.35. The molecule has 1 saturated heterocycles. The summed E-state index contributed by atoms with van der Waals surface area (Å²) in [5.74, 6) is 0.732. The summed E-state index contributed by atoms with van der Waals surface area (Å²) in [5, 5.41) is 2.97. The summed E-state index contributed by atoms with van der Waals surface area (Å²) in [4.78, 5) is 14.8. The molecule has 5 nitrogen and oxygen atoms in total. The summed E-state index contributed by atoms with van der Waals surface area (Å²) >= 11 is 0. The molecular weight excluding hydrogens is 421 g/mol. The van der Waals surface area contributed by atoms with Crippen LogP contribution in [-0.4, -0.2) is 32.1 Å². The van der Waals surface area contributed by atoms with Gasteiger partial charge in [-0.05, 0) is 61.4 Å². The van der Waals surface area contributed by atoms with E-state index >= 15 is 0 Å². The predicted octanol–water partition coefficient (Wildman–Crippen LogP) is 5.37. The van der Waals surface area contributed by atoms with E-state index in [4.69, 9.17) is 9.15 Å². The molecule has 0 atom stereocenters. The van der Waals surface area contributed by atoms with Crippen molar-refractivity contribution in [2.45, 2.75) is 25.1 Å². The molecule has 0 bridgehead atoms. The molecule has 3 aromatic rings. The van der Waals surface area contributed by atoms with Crippen molar-refractivity contribution in [1.29, 1.82) is 0 Å². The lowest BCUT2D eigenvalue weighted by molar-refractivity contribution is -0.137. The Labute approximate surface area is 183 Å². The molecule has 4 rings (SSSR count). The minimum absolute atomic E-state index is 0.000828. The topological polar surface area (TPSA) is 54.7 Å². The second-order valence-electron chi connectivity index (χ2n) is 7.68. The first kappa shape index (κ1) is 21.8. The maximum absolute atomic E-state index is 12.9. The first-order valence-corrected chi connectivity index (χ1v) is 10.3. The number of halogens is 3. The molecule has 1 amide bonds. The number of nitrogens with zero attached hydrogens (tertiary/aromatic N) is 1. The number of furan rings is 1. The van der Waals surface area contributed by atoms with Gasteiger partial charge in [0.2, 0.25) is 0 Å². The maximum atomic E-state index is 12.9. The third-order valence-corrected chi connectivity index (χ3v) is 5.57. The molecule has 0 saturated carbocycles. The van der Waals surface area contributed by atoms with Crippen LogP contribution in [0.2, 0.25) is 0 Å². The third kappa shape index (κ3) is 4.90. The van der Waals surface area contributed by atoms with Crippen LogP contribution < -0.4 is 15.0 Å². The summed E-state index contributed by atoms with van der Waals surface area (Å²) in [5.41, 5.74) is 0.611. The summed E-state index contributed by atoms with van der Waals surface area (Å²) < 4.78 is 49.6. The lowest BCUT2D eigenvalue weighted by atomic mass is 10.0. The zero-order chi connectivity index (χ0) is 22.7. The zero-order valence-corrected chi connectivity index (χ0v) is 17.5. The van der Waals surface area contributed by atoms with Crippen molar-refractivity contribution in [2.75, 3.05) is 25.1 Å². The van der Waals surface area contributed by atoms with Crippen LogP contribution in [0.15, 0.2) is 65.1 Å². The van der Waals surface area contributed by atoms with Crippen molar-refractivity contribution < 1.29 is 27.1 Å². The molecule has 2 aromatic carbocycles. The third-order valence-electron chi connectivity index (χ3n) is 5.57. The van der Waals surface area contributed by atoms with E-state index < -0.39 is 11.7 Å². The highest BCUT2D eigenvalue weighted by molar-refractivity contribution is 5.92. The minimum Gasteiger partial charge on any atom is -0.497 e. The number of methoxy groups -OCH3 is 1. The van der Waals surface area contributed by atoms with Crippen molar-refractivity contribution in [3.63, 3.8) is 0 Å². The Morgan fingerprint density at radius 2 is 1.78 bits per heavy atom. The van der Waals surface area contributed by atoms with E-state index in [1.165, 1.54) is 24.3 Å². The van der Waals surface area contributed by atoms with Gasteiger partial charge in [-0.15, -0.1) is 0 Å². The van der Waals surface area contributed by atoms with Crippen LogP contribution in [0.25, 0.3) is 11.3 Å². The first-order chi connectivity index (χ1) is 15.3. The van der Waals surface area contributed by atoms with Crippen LogP contribution >= 0.6 is 0 Å². The molecule has 1 fully saturated rings. The number of piperidine rings is 1. The molecule has 168 valence electrons. The van der Waals surface area contributed by atoms with Gasteiger partial charge in [-0.2, -0.15) is 13.2 Å². The maximum Gasteiger partial charge on any atom is 0.416 e. The van der Waals surface area contributed by atoms with Crippen molar-refractivity contribution in [2.24, 2.45) is 0 Å². The standard InChI is InChI=1S/C24H23F3N2O3/c1-31-20-7-5-19(6-8-20)29-13-11-18(12-14-29)28-23(30)22-10-9-21(32-22)16-3-2-4-17(15-16)24(25,26)27/h2-10,15,18H,11-14H2,1H3,(H,28,30). The second-order valence-corrected chi connectivity index (χ2v) is 7.68. The van der Waals surface area contributed by atoms with Gasteiger partial charge in [0, 0.05) is 30.4 Å². The van der Waals surface area contributed by atoms with E-state index in [2.05, 4.69) is 10.2 Å². The fraction of sp³-hybridized carbons (Fsp3) is 0.292. The number of ether oxygens (including phenoxy) is 1. The van der Waals surface area contributed by atoms with Crippen LogP contribution in [0.3, 0.4) is 0 Å². The zero-order valence-electron chi connectivity index (χ0n) is 17.5. The summed E-state index contributed by atoms with van der Waals surface area (Å²) in [7, 11) is 1.63. The monoisotopic (exact) mass is 444 g/mol. The number of carbonyl (C=O) groups is 1. The van der Waals surface area contributed by atoms with Crippen LogP contribution in [0.4, 0.5) is 18.9 Å². The number of carbonyl (C=O) groups excluding carboxylic acids is 1. The average Bonchev–Trinajstić information content (AvgIpc) is 3.30. The lowest BCUT2D eigenvalue weighted by Gasteiger charge is -2.33. The number of hydrogen-bond donors (Lipinski definition) is 1. The molecule has 1 N–H and O–H groups in total. The van der Waals surface area contributed by atoms with Crippen LogP contribution in [-0.2, 0) is 6.18 Å². The number of nitrogens with one attached hydrogen (secondary N) is 1. The number of alkyl halides is 3. The van der Waals surface area contributed by atoms with E-state index in [9.17, 15) is 18.0 Å². The molecule has 0 aliphatic carbocycles. The van der Waals surface area contributed by atoms with E-state index in [-0.39, 0.29) is 29.0 Å². The predicted molar refractivity (Wildman–Crippen MR) is 115 cm³/mol. The number of benzene rings is 2. The van der Waals surface area contributed by atoms with Crippen molar-refractivity contribution in [3.8, 4) is 17.1 Å². The summed E-state index contributed by atoms with van der Waals surface area (Å²) in [6.45, 7) is 1.59. The number of hydrogen-bond acceptors (Lipinski definition) is 4. The number of rotatable bonds is 5. The highest BCUT2D eigenvalue weighted by Crippen LogP contribution is 2.32. The van der Waals surface area contributed by atoms with Crippen LogP contribution in [0.1, 0.15) is 29.0 Å². The molecular formula is C24H23F3N2O3. The Hall–Kier alpha value is -3.42. The molecule has 0 spiro atoms. The fourth-order valence-electron chi connectivity index (χ4n) is 3.80.